The van der Waals surface area contributed by atoms with Crippen LogP contribution in [-0.2, 0) is 11.3 Å². The number of morpholine rings is 1. The van der Waals surface area contributed by atoms with Crippen molar-refractivity contribution in [2.24, 2.45) is 0 Å². The van der Waals surface area contributed by atoms with Crippen molar-refractivity contribution in [1.29, 1.82) is 0 Å². The van der Waals surface area contributed by atoms with Gasteiger partial charge in [0.05, 0.1) is 17.7 Å². The van der Waals surface area contributed by atoms with Gasteiger partial charge in [0, 0.05) is 31.4 Å². The third-order valence-corrected chi connectivity index (χ3v) is 3.87. The lowest BCUT2D eigenvalue weighted by Crippen LogP contribution is -2.42. The molecule has 5 heteroatoms. The molecule has 0 aliphatic carbocycles. The predicted octanol–water partition coefficient (Wildman–Crippen LogP) is 3.24. The molecule has 0 amide bonds. The molecule has 1 aliphatic rings. The Bertz CT molecular complexity index is 473. The second-order valence-corrected chi connectivity index (χ2v) is 7.01. The molecule has 2 rings (SSSR count). The highest BCUT2D eigenvalue weighted by atomic mass is 35.5. The molecule has 2 heterocycles. The Hall–Kier alpha value is -0.840. The Labute approximate surface area is 132 Å². The van der Waals surface area contributed by atoms with Gasteiger partial charge in [0.25, 0.3) is 0 Å². The maximum Gasteiger partial charge on any atom is 0.147 e. The number of ether oxygens (including phenoxy) is 1. The minimum Gasteiger partial charge on any atom is -0.375 e. The highest BCUT2D eigenvalue weighted by Gasteiger charge is 2.22. The van der Waals surface area contributed by atoms with Crippen LogP contribution in [0.2, 0.25) is 5.02 Å². The second-order valence-electron chi connectivity index (χ2n) is 6.60. The molecule has 1 fully saturated rings. The van der Waals surface area contributed by atoms with Gasteiger partial charge in [-0.2, -0.15) is 0 Å². The van der Waals surface area contributed by atoms with Crippen molar-refractivity contribution in [1.82, 2.24) is 10.3 Å². The van der Waals surface area contributed by atoms with E-state index in [9.17, 15) is 0 Å². The first-order valence-corrected chi connectivity index (χ1v) is 8.03. The van der Waals surface area contributed by atoms with Gasteiger partial charge in [-0.05, 0) is 38.8 Å². The molecule has 1 N–H and O–H groups in total. The summed E-state index contributed by atoms with van der Waals surface area (Å²) >= 11 is 6.43. The highest BCUT2D eigenvalue weighted by molar-refractivity contribution is 6.33. The van der Waals surface area contributed by atoms with Crippen LogP contribution in [0.25, 0.3) is 0 Å². The van der Waals surface area contributed by atoms with Crippen LogP contribution in [0.15, 0.2) is 12.3 Å². The SMILES string of the molecule is CCC1CN(c2ncc(CNC(C)(C)C)cc2Cl)CCO1. The normalized spacial score (nSPS) is 19.9. The topological polar surface area (TPSA) is 37.4 Å². The molecule has 118 valence electrons. The number of hydrogen-bond acceptors (Lipinski definition) is 4. The van der Waals surface area contributed by atoms with E-state index >= 15 is 0 Å². The number of nitrogens with one attached hydrogen (secondary N) is 1. The van der Waals surface area contributed by atoms with E-state index in [2.05, 4.69) is 42.9 Å². The highest BCUT2D eigenvalue weighted by Crippen LogP contribution is 2.26. The molecule has 4 nitrogen and oxygen atoms in total. The van der Waals surface area contributed by atoms with Gasteiger partial charge in [-0.3, -0.25) is 0 Å². The van der Waals surface area contributed by atoms with Gasteiger partial charge < -0.3 is 15.0 Å². The van der Waals surface area contributed by atoms with Crippen molar-refractivity contribution >= 4 is 17.4 Å². The average molecular weight is 312 g/mol. The van der Waals surface area contributed by atoms with E-state index in [1.165, 1.54) is 0 Å². The molecule has 0 bridgehead atoms. The Morgan fingerprint density at radius 2 is 2.24 bits per heavy atom. The molecule has 1 aliphatic heterocycles. The first-order chi connectivity index (χ1) is 9.89. The van der Waals surface area contributed by atoms with E-state index in [-0.39, 0.29) is 11.6 Å². The number of aromatic nitrogens is 1. The summed E-state index contributed by atoms with van der Waals surface area (Å²) < 4.78 is 5.70. The van der Waals surface area contributed by atoms with Crippen molar-refractivity contribution in [2.45, 2.75) is 52.3 Å². The largest absolute Gasteiger partial charge is 0.375 e. The number of hydrogen-bond donors (Lipinski definition) is 1. The third-order valence-electron chi connectivity index (χ3n) is 3.59. The fourth-order valence-electron chi connectivity index (χ4n) is 2.33. The second kappa shape index (κ2) is 6.95. The summed E-state index contributed by atoms with van der Waals surface area (Å²) in [5.41, 5.74) is 1.20. The molecule has 21 heavy (non-hydrogen) atoms. The van der Waals surface area contributed by atoms with E-state index in [0.29, 0.717) is 0 Å². The summed E-state index contributed by atoms with van der Waals surface area (Å²) in [7, 11) is 0. The first-order valence-electron chi connectivity index (χ1n) is 7.65. The van der Waals surface area contributed by atoms with Gasteiger partial charge in [0.15, 0.2) is 0 Å². The zero-order chi connectivity index (χ0) is 15.5. The Kier molecular flexibility index (Phi) is 5.47. The Morgan fingerprint density at radius 1 is 1.48 bits per heavy atom. The molecule has 0 radical (unpaired) electrons. The number of nitrogens with zero attached hydrogens (tertiary/aromatic N) is 2. The van der Waals surface area contributed by atoms with Gasteiger partial charge in [0.1, 0.15) is 5.82 Å². The lowest BCUT2D eigenvalue weighted by atomic mass is 10.1. The fourth-order valence-corrected chi connectivity index (χ4v) is 2.63. The molecule has 1 aromatic rings. The summed E-state index contributed by atoms with van der Waals surface area (Å²) in [6, 6.07) is 2.01. The van der Waals surface area contributed by atoms with Crippen LogP contribution in [0.4, 0.5) is 5.82 Å². The molecule has 0 aromatic carbocycles. The van der Waals surface area contributed by atoms with Crippen molar-refractivity contribution in [3.63, 3.8) is 0 Å². The minimum atomic E-state index is 0.0870. The minimum absolute atomic E-state index is 0.0870. The van der Waals surface area contributed by atoms with E-state index in [1.54, 1.807) is 0 Å². The maximum atomic E-state index is 6.43. The molecule has 0 spiro atoms. The van der Waals surface area contributed by atoms with Gasteiger partial charge in [-0.15, -0.1) is 0 Å². The zero-order valence-corrected chi connectivity index (χ0v) is 14.2. The predicted molar refractivity (Wildman–Crippen MR) is 88.1 cm³/mol. The molecular formula is C16H26ClN3O. The van der Waals surface area contributed by atoms with E-state index in [0.717, 1.165) is 49.1 Å². The van der Waals surface area contributed by atoms with E-state index in [4.69, 9.17) is 16.3 Å². The van der Waals surface area contributed by atoms with E-state index < -0.39 is 0 Å². The summed E-state index contributed by atoms with van der Waals surface area (Å²) in [5, 5.41) is 4.17. The summed E-state index contributed by atoms with van der Waals surface area (Å²) in [6.45, 7) is 11.8. The maximum absolute atomic E-state index is 6.43. The van der Waals surface area contributed by atoms with Gasteiger partial charge in [-0.25, -0.2) is 4.98 Å². The van der Waals surface area contributed by atoms with Crippen LogP contribution in [0.5, 0.6) is 0 Å². The Balaban J connectivity index is 2.05. The Morgan fingerprint density at radius 3 is 2.86 bits per heavy atom. The lowest BCUT2D eigenvalue weighted by molar-refractivity contribution is 0.0382. The zero-order valence-electron chi connectivity index (χ0n) is 13.4. The first kappa shape index (κ1) is 16.5. The van der Waals surface area contributed by atoms with Gasteiger partial charge >= 0.3 is 0 Å². The van der Waals surface area contributed by atoms with Crippen LogP contribution >= 0.6 is 11.6 Å². The summed E-state index contributed by atoms with van der Waals surface area (Å²) in [4.78, 5) is 6.79. The standard InChI is InChI=1S/C16H26ClN3O/c1-5-13-11-20(6-7-21-13)15-14(17)8-12(9-18-15)10-19-16(2,3)4/h8-9,13,19H,5-7,10-11H2,1-4H3. The van der Waals surface area contributed by atoms with Crippen molar-refractivity contribution in [3.8, 4) is 0 Å². The van der Waals surface area contributed by atoms with Crippen LogP contribution in [-0.4, -0.2) is 36.3 Å². The monoisotopic (exact) mass is 311 g/mol. The number of pyridine rings is 1. The van der Waals surface area contributed by atoms with Gasteiger partial charge in [-0.1, -0.05) is 18.5 Å². The number of rotatable bonds is 4. The average Bonchev–Trinajstić information content (AvgIpc) is 2.44. The van der Waals surface area contributed by atoms with Crippen molar-refractivity contribution in [2.75, 3.05) is 24.6 Å². The smallest absolute Gasteiger partial charge is 0.147 e. The molecule has 0 saturated carbocycles. The van der Waals surface area contributed by atoms with Crippen LogP contribution in [0.1, 0.15) is 39.7 Å². The van der Waals surface area contributed by atoms with Crippen molar-refractivity contribution < 1.29 is 4.74 Å². The fraction of sp³-hybridized carbons (Fsp3) is 0.688. The van der Waals surface area contributed by atoms with Gasteiger partial charge in [0.2, 0.25) is 0 Å². The number of halogens is 1. The third kappa shape index (κ3) is 4.83. The van der Waals surface area contributed by atoms with Crippen LogP contribution in [0.3, 0.4) is 0 Å². The molecule has 1 aromatic heterocycles. The molecule has 1 saturated heterocycles. The number of anilines is 1. The summed E-state index contributed by atoms with van der Waals surface area (Å²) in [5.74, 6) is 0.873. The quantitative estimate of drug-likeness (QED) is 0.926. The summed E-state index contributed by atoms with van der Waals surface area (Å²) in [6.07, 6.45) is 3.21. The van der Waals surface area contributed by atoms with Crippen molar-refractivity contribution in [3.05, 3.63) is 22.8 Å². The lowest BCUT2D eigenvalue weighted by Gasteiger charge is -2.33. The van der Waals surface area contributed by atoms with Crippen LogP contribution < -0.4 is 10.2 Å². The molecule has 1 unspecified atom stereocenters. The van der Waals surface area contributed by atoms with Crippen LogP contribution in [0, 0.1) is 0 Å². The van der Waals surface area contributed by atoms with E-state index in [1.807, 2.05) is 12.3 Å². The molecular weight excluding hydrogens is 286 g/mol. The molecule has 1 atom stereocenters.